The molecule has 0 aliphatic heterocycles. The van der Waals surface area contributed by atoms with Crippen LogP contribution < -0.4 is 0 Å². The van der Waals surface area contributed by atoms with Gasteiger partial charge in [-0.15, -0.1) is 0 Å². The minimum atomic E-state index is -0.521. The molecule has 0 atom stereocenters. The molecule has 1 heterocycles. The summed E-state index contributed by atoms with van der Waals surface area (Å²) in [6.45, 7) is 0. The maximum absolute atomic E-state index is 12.5. The van der Waals surface area contributed by atoms with Crippen molar-refractivity contribution in [3.8, 4) is 0 Å². The topological polar surface area (TPSA) is 78.3 Å². The number of fused-ring (bicyclic) bond motifs is 1. The first kappa shape index (κ1) is 13.2. The first-order valence-corrected chi connectivity index (χ1v) is 6.38. The number of benzene rings is 2. The molecule has 3 aromatic rings. The number of carbonyl (C=O) groups excluding carboxylic acids is 1. The van der Waals surface area contributed by atoms with Gasteiger partial charge in [-0.3, -0.25) is 14.9 Å². The largest absolute Gasteiger partial charge is 0.429 e. The zero-order valence-electron chi connectivity index (χ0n) is 10.6. The second-order valence-corrected chi connectivity index (χ2v) is 4.63. The molecule has 0 saturated heterocycles. The zero-order valence-corrected chi connectivity index (χ0v) is 11.4. The molecule has 0 aliphatic carbocycles. The third-order valence-corrected chi connectivity index (χ3v) is 3.28. The number of nitro groups is 1. The summed E-state index contributed by atoms with van der Waals surface area (Å²) < 4.78 is 6.62. The van der Waals surface area contributed by atoms with Gasteiger partial charge in [-0.2, -0.15) is 0 Å². The van der Waals surface area contributed by atoms with Gasteiger partial charge in [-0.05, 0) is 36.5 Å². The minimum Gasteiger partial charge on any atom is -0.429 e. The first-order valence-electron chi connectivity index (χ1n) is 5.97. The molecule has 0 spiro atoms. The van der Waals surface area contributed by atoms with Gasteiger partial charge < -0.3 is 4.42 Å². The van der Waals surface area contributed by atoms with E-state index >= 15 is 0 Å². The van der Waals surface area contributed by atoms with Crippen LogP contribution in [0, 0.1) is 15.0 Å². The molecule has 0 bridgehead atoms. The smallest absolute Gasteiger partial charge is 0.276 e. The second kappa shape index (κ2) is 4.95. The van der Waals surface area contributed by atoms with Gasteiger partial charge in [-0.25, -0.2) is 4.57 Å². The molecule has 0 aliphatic rings. The number of rotatable bonds is 2. The van der Waals surface area contributed by atoms with E-state index in [4.69, 9.17) is 16.6 Å². The molecule has 1 aromatic heterocycles. The van der Waals surface area contributed by atoms with Crippen LogP contribution in [0.25, 0.3) is 11.1 Å². The summed E-state index contributed by atoms with van der Waals surface area (Å²) in [5.74, 6) is -0.389. The van der Waals surface area contributed by atoms with Crippen LogP contribution in [-0.2, 0) is 0 Å². The molecule has 0 saturated carbocycles. The molecule has 104 valence electrons. The molecule has 7 heteroatoms. The molecular formula is C14H8N2O4S. The van der Waals surface area contributed by atoms with Gasteiger partial charge in [0.05, 0.1) is 10.4 Å². The van der Waals surface area contributed by atoms with Gasteiger partial charge in [0.2, 0.25) is 0 Å². The lowest BCUT2D eigenvalue weighted by molar-refractivity contribution is -0.384. The number of nitro benzene ring substituents is 1. The van der Waals surface area contributed by atoms with Crippen LogP contribution in [0.1, 0.15) is 10.4 Å². The average Bonchev–Trinajstić information content (AvgIpc) is 2.82. The van der Waals surface area contributed by atoms with Crippen molar-refractivity contribution in [2.24, 2.45) is 0 Å². The zero-order chi connectivity index (χ0) is 15.0. The molecule has 0 fully saturated rings. The Labute approximate surface area is 123 Å². The SMILES string of the molecule is O=C(c1ccc([N+](=O)[O-])cc1)n1c(=S)oc2ccccc21. The van der Waals surface area contributed by atoms with E-state index in [9.17, 15) is 14.9 Å². The maximum Gasteiger partial charge on any atom is 0.276 e. The summed E-state index contributed by atoms with van der Waals surface area (Å²) in [6, 6.07) is 12.3. The molecular weight excluding hydrogens is 292 g/mol. The highest BCUT2D eigenvalue weighted by Crippen LogP contribution is 2.20. The lowest BCUT2D eigenvalue weighted by Gasteiger charge is -2.02. The Bertz CT molecular complexity index is 909. The third kappa shape index (κ3) is 2.23. The maximum atomic E-state index is 12.5. The normalized spacial score (nSPS) is 10.7. The predicted molar refractivity (Wildman–Crippen MR) is 77.9 cm³/mol. The Morgan fingerprint density at radius 3 is 2.48 bits per heavy atom. The van der Waals surface area contributed by atoms with Crippen molar-refractivity contribution in [3.05, 3.63) is 69.0 Å². The Morgan fingerprint density at radius 2 is 1.81 bits per heavy atom. The molecule has 3 rings (SSSR count). The van der Waals surface area contributed by atoms with E-state index < -0.39 is 4.92 Å². The predicted octanol–water partition coefficient (Wildman–Crippen LogP) is 3.56. The Balaban J connectivity index is 2.10. The average molecular weight is 300 g/mol. The lowest BCUT2D eigenvalue weighted by Crippen LogP contribution is -2.11. The van der Waals surface area contributed by atoms with Crippen LogP contribution in [0.4, 0.5) is 5.69 Å². The molecule has 21 heavy (non-hydrogen) atoms. The van der Waals surface area contributed by atoms with Crippen LogP contribution in [0.2, 0.25) is 0 Å². The number of hydrogen-bond acceptors (Lipinski definition) is 5. The summed E-state index contributed by atoms with van der Waals surface area (Å²) in [5, 5.41) is 10.6. The second-order valence-electron chi connectivity index (χ2n) is 4.28. The van der Waals surface area contributed by atoms with E-state index in [0.717, 1.165) is 0 Å². The monoisotopic (exact) mass is 300 g/mol. The van der Waals surface area contributed by atoms with E-state index in [1.165, 1.54) is 28.8 Å². The summed E-state index contributed by atoms with van der Waals surface area (Å²) in [6.07, 6.45) is 0. The van der Waals surface area contributed by atoms with Crippen LogP contribution in [-0.4, -0.2) is 15.4 Å². The summed E-state index contributed by atoms with van der Waals surface area (Å²) in [4.78, 5) is 22.6. The van der Waals surface area contributed by atoms with Gasteiger partial charge in [0, 0.05) is 17.7 Å². The van der Waals surface area contributed by atoms with Crippen molar-refractivity contribution in [3.63, 3.8) is 0 Å². The van der Waals surface area contributed by atoms with Gasteiger partial charge >= 0.3 is 0 Å². The summed E-state index contributed by atoms with van der Waals surface area (Å²) in [7, 11) is 0. The fourth-order valence-corrected chi connectivity index (χ4v) is 2.28. The number of nitrogens with zero attached hydrogens (tertiary/aromatic N) is 2. The van der Waals surface area contributed by atoms with Crippen LogP contribution in [0.5, 0.6) is 0 Å². The number of aromatic nitrogens is 1. The van der Waals surface area contributed by atoms with Gasteiger partial charge in [0.25, 0.3) is 16.4 Å². The Kier molecular flexibility index (Phi) is 3.11. The highest BCUT2D eigenvalue weighted by Gasteiger charge is 2.16. The number of para-hydroxylation sites is 2. The van der Waals surface area contributed by atoms with Crippen molar-refractivity contribution in [1.29, 1.82) is 0 Å². The number of carbonyl (C=O) groups is 1. The van der Waals surface area contributed by atoms with E-state index in [0.29, 0.717) is 16.7 Å². The fourth-order valence-electron chi connectivity index (χ4n) is 2.01. The van der Waals surface area contributed by atoms with E-state index in [-0.39, 0.29) is 16.4 Å². The van der Waals surface area contributed by atoms with Crippen molar-refractivity contribution >= 4 is 34.9 Å². The third-order valence-electron chi connectivity index (χ3n) is 3.01. The van der Waals surface area contributed by atoms with Gasteiger partial charge in [-0.1, -0.05) is 12.1 Å². The van der Waals surface area contributed by atoms with E-state index in [1.807, 2.05) is 0 Å². The van der Waals surface area contributed by atoms with Crippen molar-refractivity contribution in [1.82, 2.24) is 4.57 Å². The van der Waals surface area contributed by atoms with E-state index in [2.05, 4.69) is 0 Å². The van der Waals surface area contributed by atoms with Crippen LogP contribution >= 0.6 is 12.2 Å². The van der Waals surface area contributed by atoms with Crippen molar-refractivity contribution < 1.29 is 14.1 Å². The highest BCUT2D eigenvalue weighted by molar-refractivity contribution is 7.71. The number of oxazole rings is 1. The molecule has 2 aromatic carbocycles. The van der Waals surface area contributed by atoms with E-state index in [1.54, 1.807) is 24.3 Å². The number of non-ortho nitro benzene ring substituents is 1. The fraction of sp³-hybridized carbons (Fsp3) is 0. The Hall–Kier alpha value is -2.80. The standard InChI is InChI=1S/C14H8N2O4S/c17-13(9-5-7-10(8-6-9)16(18)19)15-11-3-1-2-4-12(11)20-14(15)21/h1-8H. The van der Waals surface area contributed by atoms with Gasteiger partial charge in [0.1, 0.15) is 0 Å². The molecule has 0 amide bonds. The molecule has 6 nitrogen and oxygen atoms in total. The Morgan fingerprint density at radius 1 is 1.14 bits per heavy atom. The molecule has 0 N–H and O–H groups in total. The van der Waals surface area contributed by atoms with Crippen LogP contribution in [0.3, 0.4) is 0 Å². The number of hydrogen-bond donors (Lipinski definition) is 0. The van der Waals surface area contributed by atoms with Gasteiger partial charge in [0.15, 0.2) is 5.58 Å². The summed E-state index contributed by atoms with van der Waals surface area (Å²) >= 11 is 5.06. The van der Waals surface area contributed by atoms with Crippen molar-refractivity contribution in [2.45, 2.75) is 0 Å². The molecule has 0 unspecified atom stereocenters. The molecule has 0 radical (unpaired) electrons. The van der Waals surface area contributed by atoms with Crippen molar-refractivity contribution in [2.75, 3.05) is 0 Å². The quantitative estimate of drug-likeness (QED) is 0.411. The minimum absolute atomic E-state index is 0.0413. The first-order chi connectivity index (χ1) is 10.1. The summed E-state index contributed by atoms with van der Waals surface area (Å²) in [5.41, 5.74) is 1.29. The lowest BCUT2D eigenvalue weighted by atomic mass is 10.2. The highest BCUT2D eigenvalue weighted by atomic mass is 32.1. The van der Waals surface area contributed by atoms with Crippen LogP contribution in [0.15, 0.2) is 52.9 Å².